The molecule has 0 aliphatic heterocycles. The summed E-state index contributed by atoms with van der Waals surface area (Å²) in [4.78, 5) is 13.2. The van der Waals surface area contributed by atoms with Crippen LogP contribution in [0, 0.1) is 12.8 Å². The summed E-state index contributed by atoms with van der Waals surface area (Å²) in [5.41, 5.74) is 2.08. The summed E-state index contributed by atoms with van der Waals surface area (Å²) < 4.78 is 0. The second-order valence-corrected chi connectivity index (χ2v) is 5.70. The lowest BCUT2D eigenvalue weighted by Crippen LogP contribution is -2.36. The van der Waals surface area contributed by atoms with Crippen molar-refractivity contribution >= 4 is 5.91 Å². The highest BCUT2D eigenvalue weighted by Gasteiger charge is 2.28. The van der Waals surface area contributed by atoms with Crippen LogP contribution in [0.25, 0.3) is 11.4 Å². The first-order valence-electron chi connectivity index (χ1n) is 7.26. The molecule has 2 aromatic rings. The average molecular weight is 285 g/mol. The van der Waals surface area contributed by atoms with Crippen molar-refractivity contribution in [2.24, 2.45) is 5.92 Å². The fraction of sp³-hybridized carbons (Fsp3) is 0.467. The predicted molar refractivity (Wildman–Crippen MR) is 78.3 cm³/mol. The molecule has 3 rings (SSSR count). The van der Waals surface area contributed by atoms with E-state index in [0.717, 1.165) is 5.56 Å². The Bertz CT molecular complexity index is 630. The Morgan fingerprint density at radius 1 is 1.38 bits per heavy atom. The summed E-state index contributed by atoms with van der Waals surface area (Å²) >= 11 is 0. The molecule has 0 bridgehead atoms. The average Bonchev–Trinajstić information content (AvgIpc) is 3.21. The molecule has 0 radical (unpaired) electrons. The van der Waals surface area contributed by atoms with Gasteiger partial charge in [-0.25, -0.2) is 0 Å². The number of aromatic nitrogens is 4. The van der Waals surface area contributed by atoms with Crippen molar-refractivity contribution in [2.45, 2.75) is 39.3 Å². The van der Waals surface area contributed by atoms with Gasteiger partial charge in [-0.2, -0.15) is 4.80 Å². The van der Waals surface area contributed by atoms with Crippen LogP contribution in [0.2, 0.25) is 0 Å². The lowest BCUT2D eigenvalue weighted by Gasteiger charge is -2.11. The second kappa shape index (κ2) is 5.63. The Labute approximate surface area is 123 Å². The summed E-state index contributed by atoms with van der Waals surface area (Å²) in [5.74, 6) is 1.11. The summed E-state index contributed by atoms with van der Waals surface area (Å²) in [5, 5.41) is 15.2. The van der Waals surface area contributed by atoms with E-state index in [4.69, 9.17) is 0 Å². The minimum absolute atomic E-state index is 0.0674. The van der Waals surface area contributed by atoms with Crippen molar-refractivity contribution in [2.75, 3.05) is 0 Å². The van der Waals surface area contributed by atoms with Crippen LogP contribution in [0.1, 0.15) is 25.3 Å². The van der Waals surface area contributed by atoms with E-state index in [1.54, 1.807) is 0 Å². The van der Waals surface area contributed by atoms with E-state index in [2.05, 4.69) is 20.7 Å². The molecule has 0 saturated heterocycles. The predicted octanol–water partition coefficient (Wildman–Crippen LogP) is 1.56. The molecule has 110 valence electrons. The third kappa shape index (κ3) is 3.45. The standard InChI is InChI=1S/C15H19N5O/c1-10-3-5-13(6-4-10)15-17-19-20(18-15)9-14(21)16-11(2)12-7-8-12/h3-6,11-12H,7-9H2,1-2H3,(H,16,21)/t11-/m0/s1. The van der Waals surface area contributed by atoms with E-state index in [9.17, 15) is 4.79 Å². The minimum atomic E-state index is -0.0674. The molecule has 1 aromatic heterocycles. The molecule has 1 amide bonds. The van der Waals surface area contributed by atoms with E-state index < -0.39 is 0 Å². The van der Waals surface area contributed by atoms with E-state index in [0.29, 0.717) is 11.7 Å². The highest BCUT2D eigenvalue weighted by Crippen LogP contribution is 2.32. The third-order valence-corrected chi connectivity index (χ3v) is 3.77. The second-order valence-electron chi connectivity index (χ2n) is 5.70. The number of carbonyl (C=O) groups is 1. The molecule has 6 heteroatoms. The number of carbonyl (C=O) groups excluding carboxylic acids is 1. The first kappa shape index (κ1) is 13.7. The number of tetrazole rings is 1. The van der Waals surface area contributed by atoms with Gasteiger partial charge in [-0.3, -0.25) is 4.79 Å². The number of nitrogens with zero attached hydrogens (tertiary/aromatic N) is 4. The van der Waals surface area contributed by atoms with Crippen LogP contribution >= 0.6 is 0 Å². The Morgan fingerprint density at radius 3 is 2.76 bits per heavy atom. The van der Waals surface area contributed by atoms with Gasteiger partial charge in [0.2, 0.25) is 11.7 Å². The maximum absolute atomic E-state index is 11.9. The molecule has 0 spiro atoms. The Morgan fingerprint density at radius 2 is 2.10 bits per heavy atom. The maximum Gasteiger partial charge on any atom is 0.243 e. The largest absolute Gasteiger partial charge is 0.352 e. The molecular formula is C15H19N5O. The fourth-order valence-corrected chi connectivity index (χ4v) is 2.27. The third-order valence-electron chi connectivity index (χ3n) is 3.77. The quantitative estimate of drug-likeness (QED) is 0.905. The molecule has 1 heterocycles. The Hall–Kier alpha value is -2.24. The minimum Gasteiger partial charge on any atom is -0.352 e. The van der Waals surface area contributed by atoms with Crippen LogP contribution in [0.3, 0.4) is 0 Å². The van der Waals surface area contributed by atoms with E-state index in [-0.39, 0.29) is 18.5 Å². The van der Waals surface area contributed by atoms with Crippen LogP contribution < -0.4 is 5.32 Å². The zero-order valence-corrected chi connectivity index (χ0v) is 12.3. The van der Waals surface area contributed by atoms with Crippen molar-refractivity contribution in [3.05, 3.63) is 29.8 Å². The van der Waals surface area contributed by atoms with Crippen LogP contribution in [-0.2, 0) is 11.3 Å². The molecule has 6 nitrogen and oxygen atoms in total. The van der Waals surface area contributed by atoms with E-state index >= 15 is 0 Å². The summed E-state index contributed by atoms with van der Waals surface area (Å²) in [6.07, 6.45) is 2.42. The highest BCUT2D eigenvalue weighted by atomic mass is 16.2. The number of hydrogen-bond acceptors (Lipinski definition) is 4. The lowest BCUT2D eigenvalue weighted by molar-refractivity contribution is -0.122. The van der Waals surface area contributed by atoms with Gasteiger partial charge in [0, 0.05) is 11.6 Å². The number of aryl methyl sites for hydroxylation is 1. The number of hydrogen-bond donors (Lipinski definition) is 1. The van der Waals surface area contributed by atoms with Crippen LogP contribution in [0.4, 0.5) is 0 Å². The lowest BCUT2D eigenvalue weighted by atomic mass is 10.1. The Kier molecular flexibility index (Phi) is 3.68. The van der Waals surface area contributed by atoms with Gasteiger partial charge in [0.1, 0.15) is 6.54 Å². The SMILES string of the molecule is Cc1ccc(-c2nnn(CC(=O)N[C@@H](C)C3CC3)n2)cc1. The fourth-order valence-electron chi connectivity index (χ4n) is 2.27. The number of benzene rings is 1. The topological polar surface area (TPSA) is 72.7 Å². The maximum atomic E-state index is 11.9. The van der Waals surface area contributed by atoms with Gasteiger partial charge in [0.25, 0.3) is 0 Å². The van der Waals surface area contributed by atoms with Crippen molar-refractivity contribution < 1.29 is 4.79 Å². The van der Waals surface area contributed by atoms with Gasteiger partial charge < -0.3 is 5.32 Å². The van der Waals surface area contributed by atoms with Gasteiger partial charge in [-0.05, 0) is 37.8 Å². The molecule has 1 aliphatic rings. The van der Waals surface area contributed by atoms with Crippen molar-refractivity contribution in [3.63, 3.8) is 0 Å². The highest BCUT2D eigenvalue weighted by molar-refractivity contribution is 5.75. The zero-order chi connectivity index (χ0) is 14.8. The molecule has 0 unspecified atom stereocenters. The van der Waals surface area contributed by atoms with Crippen LogP contribution in [0.15, 0.2) is 24.3 Å². The van der Waals surface area contributed by atoms with Gasteiger partial charge in [-0.1, -0.05) is 29.8 Å². The molecule has 1 fully saturated rings. The van der Waals surface area contributed by atoms with Gasteiger partial charge in [-0.15, -0.1) is 10.2 Å². The smallest absolute Gasteiger partial charge is 0.243 e. The van der Waals surface area contributed by atoms with E-state index in [1.807, 2.05) is 38.1 Å². The van der Waals surface area contributed by atoms with Crippen molar-refractivity contribution in [3.8, 4) is 11.4 Å². The van der Waals surface area contributed by atoms with Gasteiger partial charge >= 0.3 is 0 Å². The number of amides is 1. The summed E-state index contributed by atoms with van der Waals surface area (Å²) in [6, 6.07) is 8.13. The number of rotatable bonds is 5. The normalized spacial score (nSPS) is 15.7. The summed E-state index contributed by atoms with van der Waals surface area (Å²) in [7, 11) is 0. The zero-order valence-electron chi connectivity index (χ0n) is 12.3. The Balaban J connectivity index is 1.61. The molecule has 1 N–H and O–H groups in total. The molecule has 1 saturated carbocycles. The molecular weight excluding hydrogens is 266 g/mol. The van der Waals surface area contributed by atoms with Crippen molar-refractivity contribution in [1.29, 1.82) is 0 Å². The first-order chi connectivity index (χ1) is 10.1. The molecule has 1 aliphatic carbocycles. The number of nitrogens with one attached hydrogen (secondary N) is 1. The van der Waals surface area contributed by atoms with Gasteiger partial charge in [0.15, 0.2) is 0 Å². The first-order valence-corrected chi connectivity index (χ1v) is 7.26. The summed E-state index contributed by atoms with van der Waals surface area (Å²) in [6.45, 7) is 4.18. The molecule has 21 heavy (non-hydrogen) atoms. The van der Waals surface area contributed by atoms with Gasteiger partial charge in [0.05, 0.1) is 0 Å². The monoisotopic (exact) mass is 285 g/mol. The van der Waals surface area contributed by atoms with E-state index in [1.165, 1.54) is 23.2 Å². The van der Waals surface area contributed by atoms with Crippen molar-refractivity contribution in [1.82, 2.24) is 25.5 Å². The molecule has 1 aromatic carbocycles. The molecule has 1 atom stereocenters. The van der Waals surface area contributed by atoms with Crippen LogP contribution in [0.5, 0.6) is 0 Å². The van der Waals surface area contributed by atoms with Crippen LogP contribution in [-0.4, -0.2) is 32.2 Å².